The molecule has 31 heavy (non-hydrogen) atoms. The van der Waals surface area contributed by atoms with Crippen molar-refractivity contribution in [3.05, 3.63) is 93.5 Å². The first-order valence-electron chi connectivity index (χ1n) is 9.66. The molecule has 1 amide bonds. The van der Waals surface area contributed by atoms with Gasteiger partial charge in [-0.3, -0.25) is 10.1 Å². The van der Waals surface area contributed by atoms with Crippen LogP contribution in [0.2, 0.25) is 0 Å². The van der Waals surface area contributed by atoms with Crippen molar-refractivity contribution in [3.8, 4) is 23.0 Å². The lowest BCUT2D eigenvalue weighted by atomic mass is 9.98. The molecule has 1 aliphatic rings. The summed E-state index contributed by atoms with van der Waals surface area (Å²) in [6, 6.07) is 20.3. The normalized spacial score (nSPS) is 11.6. The summed E-state index contributed by atoms with van der Waals surface area (Å²) < 4.78 is 5.43. The Morgan fingerprint density at radius 1 is 1.06 bits per heavy atom. The highest BCUT2D eigenvalue weighted by Crippen LogP contribution is 2.44. The van der Waals surface area contributed by atoms with Crippen LogP contribution in [-0.4, -0.2) is 24.2 Å². The number of ether oxygens (including phenoxy) is 1. The number of nitrogens with one attached hydrogen (secondary N) is 1. The van der Waals surface area contributed by atoms with Gasteiger partial charge in [0.2, 0.25) is 0 Å². The van der Waals surface area contributed by atoms with Crippen LogP contribution in [0.1, 0.15) is 22.6 Å². The molecule has 0 saturated carbocycles. The average Bonchev–Trinajstić information content (AvgIpc) is 3.09. The van der Waals surface area contributed by atoms with Gasteiger partial charge in [-0.25, -0.2) is 4.79 Å². The number of nitro groups is 1. The van der Waals surface area contributed by atoms with Crippen molar-refractivity contribution in [3.63, 3.8) is 0 Å². The van der Waals surface area contributed by atoms with Crippen LogP contribution in [0, 0.1) is 22.0 Å². The van der Waals surface area contributed by atoms with E-state index >= 15 is 0 Å². The topological polar surface area (TPSA) is 107 Å². The third-order valence-electron chi connectivity index (χ3n) is 5.11. The van der Waals surface area contributed by atoms with Gasteiger partial charge < -0.3 is 15.8 Å². The first-order valence-corrected chi connectivity index (χ1v) is 9.66. The largest absolute Gasteiger partial charge is 0.449 e. The van der Waals surface area contributed by atoms with E-state index in [1.54, 1.807) is 0 Å². The minimum Gasteiger partial charge on any atom is -0.449 e. The number of hydrogen-bond donors (Lipinski definition) is 2. The molecule has 7 heteroatoms. The summed E-state index contributed by atoms with van der Waals surface area (Å²) >= 11 is 0. The van der Waals surface area contributed by atoms with Gasteiger partial charge >= 0.3 is 6.09 Å². The fraction of sp³-hybridized carbons (Fsp3) is 0.125. The Kier molecular flexibility index (Phi) is 5.54. The van der Waals surface area contributed by atoms with E-state index in [1.165, 1.54) is 18.2 Å². The number of anilines is 1. The van der Waals surface area contributed by atoms with Crippen LogP contribution < -0.4 is 11.1 Å². The molecule has 0 aromatic heterocycles. The van der Waals surface area contributed by atoms with Gasteiger partial charge in [0.25, 0.3) is 5.69 Å². The Bertz CT molecular complexity index is 1180. The predicted molar refractivity (Wildman–Crippen MR) is 117 cm³/mol. The van der Waals surface area contributed by atoms with Gasteiger partial charge in [0.05, 0.1) is 11.5 Å². The molecular formula is C24H19N3O4. The third-order valence-corrected chi connectivity index (χ3v) is 5.11. The number of nitrogens with two attached hydrogens (primary N) is 1. The summed E-state index contributed by atoms with van der Waals surface area (Å²) in [6.07, 6.45) is -0.599. The molecule has 3 N–H and O–H groups in total. The molecule has 0 unspecified atom stereocenters. The van der Waals surface area contributed by atoms with Crippen LogP contribution >= 0.6 is 0 Å². The highest BCUT2D eigenvalue weighted by atomic mass is 16.6. The number of amides is 1. The second-order valence-electron chi connectivity index (χ2n) is 7.01. The highest BCUT2D eigenvalue weighted by Gasteiger charge is 2.28. The minimum absolute atomic E-state index is 0.0113. The number of nitro benzene ring substituents is 1. The first-order chi connectivity index (χ1) is 15.0. The number of nitrogens with zero attached hydrogens (tertiary/aromatic N) is 1. The maximum absolute atomic E-state index is 12.1. The quantitative estimate of drug-likeness (QED) is 0.290. The van der Waals surface area contributed by atoms with E-state index < -0.39 is 11.0 Å². The van der Waals surface area contributed by atoms with E-state index in [0.29, 0.717) is 5.69 Å². The Morgan fingerprint density at radius 3 is 2.35 bits per heavy atom. The van der Waals surface area contributed by atoms with Crippen molar-refractivity contribution in [2.45, 2.75) is 5.92 Å². The van der Waals surface area contributed by atoms with E-state index in [1.807, 2.05) is 36.4 Å². The molecule has 3 aromatic carbocycles. The van der Waals surface area contributed by atoms with Crippen LogP contribution in [0.15, 0.2) is 66.7 Å². The van der Waals surface area contributed by atoms with Gasteiger partial charge in [-0.2, -0.15) is 0 Å². The van der Waals surface area contributed by atoms with Crippen molar-refractivity contribution in [1.29, 1.82) is 0 Å². The lowest BCUT2D eigenvalue weighted by Crippen LogP contribution is -2.26. The summed E-state index contributed by atoms with van der Waals surface area (Å²) in [6.45, 7) is 0.191. The van der Waals surface area contributed by atoms with Crippen molar-refractivity contribution >= 4 is 17.5 Å². The van der Waals surface area contributed by atoms with Gasteiger partial charge in [-0.05, 0) is 34.4 Å². The second kappa shape index (κ2) is 8.59. The van der Waals surface area contributed by atoms with Crippen LogP contribution in [0.3, 0.4) is 0 Å². The summed E-state index contributed by atoms with van der Waals surface area (Å²) in [5.41, 5.74) is 10.7. The minimum atomic E-state index is -0.599. The van der Waals surface area contributed by atoms with Gasteiger partial charge in [-0.1, -0.05) is 60.4 Å². The lowest BCUT2D eigenvalue weighted by Gasteiger charge is -2.14. The summed E-state index contributed by atoms with van der Waals surface area (Å²) in [7, 11) is 0. The fourth-order valence-corrected chi connectivity index (χ4v) is 3.72. The highest BCUT2D eigenvalue weighted by molar-refractivity contribution is 5.79. The number of carbonyl (C=O) groups is 1. The number of hydrogen-bond acceptors (Lipinski definition) is 5. The number of benzene rings is 3. The molecule has 4 rings (SSSR count). The Hall–Kier alpha value is -4.31. The van der Waals surface area contributed by atoms with Gasteiger partial charge in [0.1, 0.15) is 12.2 Å². The van der Waals surface area contributed by atoms with E-state index in [2.05, 4.69) is 29.3 Å². The third kappa shape index (κ3) is 4.19. The van der Waals surface area contributed by atoms with Crippen molar-refractivity contribution < 1.29 is 14.5 Å². The Morgan fingerprint density at radius 2 is 1.71 bits per heavy atom. The zero-order valence-corrected chi connectivity index (χ0v) is 16.5. The second-order valence-corrected chi connectivity index (χ2v) is 7.01. The molecule has 0 bridgehead atoms. The Balaban J connectivity index is 1.37. The van der Waals surface area contributed by atoms with Gasteiger partial charge in [0.15, 0.2) is 0 Å². The molecule has 0 fully saturated rings. The predicted octanol–water partition coefficient (Wildman–Crippen LogP) is 4.07. The fourth-order valence-electron chi connectivity index (χ4n) is 3.72. The number of fused-ring (bicyclic) bond motifs is 3. The standard InChI is InChI=1S/C24H19N3O4/c25-17-11-12-23(27(29)30)16(14-17)6-5-13-26-24(28)31-15-22-20-9-3-1-7-18(20)19-8-2-4-10-21(19)22/h1-4,7-12,14,22H,13,15,25H2,(H,26,28). The summed E-state index contributed by atoms with van der Waals surface area (Å²) in [4.78, 5) is 22.7. The number of nitrogen functional groups attached to an aromatic ring is 1. The van der Waals surface area contributed by atoms with Crippen LogP contribution in [0.5, 0.6) is 0 Å². The SMILES string of the molecule is Nc1ccc([N+](=O)[O-])c(C#CCNC(=O)OCC2c3ccccc3-c3ccccc32)c1. The maximum Gasteiger partial charge on any atom is 0.407 e. The van der Waals surface area contributed by atoms with Gasteiger partial charge in [0, 0.05) is 17.7 Å². The molecule has 1 aliphatic carbocycles. The van der Waals surface area contributed by atoms with Crippen molar-refractivity contribution in [2.75, 3.05) is 18.9 Å². The van der Waals surface area contributed by atoms with Crippen molar-refractivity contribution in [2.24, 2.45) is 0 Å². The number of rotatable bonds is 4. The lowest BCUT2D eigenvalue weighted by molar-refractivity contribution is -0.385. The average molecular weight is 413 g/mol. The van der Waals surface area contributed by atoms with Gasteiger partial charge in [-0.15, -0.1) is 0 Å². The van der Waals surface area contributed by atoms with Crippen molar-refractivity contribution in [1.82, 2.24) is 5.32 Å². The maximum atomic E-state index is 12.1. The molecule has 0 saturated heterocycles. The first kappa shape index (κ1) is 20.0. The molecule has 7 nitrogen and oxygen atoms in total. The number of carbonyl (C=O) groups excluding carboxylic acids is 1. The van der Waals surface area contributed by atoms with E-state index in [9.17, 15) is 14.9 Å². The molecular weight excluding hydrogens is 394 g/mol. The molecule has 154 valence electrons. The summed E-state index contributed by atoms with van der Waals surface area (Å²) in [5.74, 6) is 5.34. The molecule has 0 radical (unpaired) electrons. The van der Waals surface area contributed by atoms with Crippen LogP contribution in [-0.2, 0) is 4.74 Å². The van der Waals surface area contributed by atoms with E-state index in [-0.39, 0.29) is 30.3 Å². The monoisotopic (exact) mass is 413 g/mol. The molecule has 0 aliphatic heterocycles. The zero-order valence-electron chi connectivity index (χ0n) is 16.5. The molecule has 0 atom stereocenters. The molecule has 0 heterocycles. The molecule has 0 spiro atoms. The zero-order chi connectivity index (χ0) is 21.8. The van der Waals surface area contributed by atoms with Crippen LogP contribution in [0.25, 0.3) is 11.1 Å². The van der Waals surface area contributed by atoms with E-state index in [0.717, 1.165) is 22.3 Å². The summed E-state index contributed by atoms with van der Waals surface area (Å²) in [5, 5.41) is 13.6. The molecule has 3 aromatic rings. The van der Waals surface area contributed by atoms with Crippen LogP contribution in [0.4, 0.5) is 16.2 Å². The van der Waals surface area contributed by atoms with E-state index in [4.69, 9.17) is 10.5 Å². The smallest absolute Gasteiger partial charge is 0.407 e. The number of alkyl carbamates (subject to hydrolysis) is 1. The Labute approximate surface area is 179 Å².